The Morgan fingerprint density at radius 1 is 1.33 bits per heavy atom. The van der Waals surface area contributed by atoms with E-state index in [1.807, 2.05) is 24.3 Å². The van der Waals surface area contributed by atoms with E-state index in [1.165, 1.54) is 0 Å². The van der Waals surface area contributed by atoms with Crippen LogP contribution >= 0.6 is 12.2 Å². The van der Waals surface area contributed by atoms with E-state index < -0.39 is 0 Å². The molecule has 2 rings (SSSR count). The molecule has 0 saturated carbocycles. The van der Waals surface area contributed by atoms with Gasteiger partial charge in [0.15, 0.2) is 0 Å². The predicted octanol–water partition coefficient (Wildman–Crippen LogP) is 2.03. The number of nitrogens with one attached hydrogen (secondary N) is 1. The summed E-state index contributed by atoms with van der Waals surface area (Å²) < 4.78 is 1.26. The zero-order chi connectivity index (χ0) is 15.2. The smallest absolute Gasteiger partial charge is 0.293 e. The highest BCUT2D eigenvalue weighted by molar-refractivity contribution is 7.71. The lowest BCUT2D eigenvalue weighted by molar-refractivity contribution is 0.738. The average molecular weight is 303 g/mol. The Balaban J connectivity index is 2.23. The Morgan fingerprint density at radius 3 is 2.57 bits per heavy atom. The molecule has 110 valence electrons. The largest absolute Gasteiger partial charge is 0.372 e. The first kappa shape index (κ1) is 15.1. The molecule has 21 heavy (non-hydrogen) atoms. The molecule has 0 atom stereocenters. The Hall–Kier alpha value is -2.28. The van der Waals surface area contributed by atoms with Crippen LogP contribution in [0.1, 0.15) is 19.4 Å². The first-order valence-electron chi connectivity index (χ1n) is 6.71. The van der Waals surface area contributed by atoms with Crippen molar-refractivity contribution in [3.63, 3.8) is 0 Å². The van der Waals surface area contributed by atoms with Crippen molar-refractivity contribution in [3.8, 4) is 0 Å². The lowest BCUT2D eigenvalue weighted by Gasteiger charge is -2.20. The van der Waals surface area contributed by atoms with Crippen molar-refractivity contribution in [2.75, 3.05) is 18.0 Å². The molecule has 0 saturated heterocycles. The van der Waals surface area contributed by atoms with Crippen molar-refractivity contribution in [1.82, 2.24) is 14.9 Å². The highest BCUT2D eigenvalue weighted by atomic mass is 32.1. The van der Waals surface area contributed by atoms with E-state index >= 15 is 0 Å². The van der Waals surface area contributed by atoms with Crippen LogP contribution in [0.15, 0.2) is 40.4 Å². The van der Waals surface area contributed by atoms with Crippen LogP contribution in [0.3, 0.4) is 0 Å². The third-order valence-electron chi connectivity index (χ3n) is 3.08. The number of benzene rings is 1. The fourth-order valence-corrected chi connectivity index (χ4v) is 2.13. The summed E-state index contributed by atoms with van der Waals surface area (Å²) in [6, 6.07) is 7.97. The van der Waals surface area contributed by atoms with Gasteiger partial charge in [-0.05, 0) is 43.8 Å². The van der Waals surface area contributed by atoms with Crippen molar-refractivity contribution < 1.29 is 0 Å². The van der Waals surface area contributed by atoms with Gasteiger partial charge in [-0.25, -0.2) is 0 Å². The van der Waals surface area contributed by atoms with Gasteiger partial charge in [0, 0.05) is 18.8 Å². The van der Waals surface area contributed by atoms with E-state index in [-0.39, 0.29) is 10.3 Å². The van der Waals surface area contributed by atoms with Gasteiger partial charge < -0.3 is 4.90 Å². The summed E-state index contributed by atoms with van der Waals surface area (Å²) in [6.45, 7) is 6.17. The first-order chi connectivity index (χ1) is 10.2. The fraction of sp³-hybridized carbons (Fsp3) is 0.286. The molecule has 0 fully saturated rings. The number of anilines is 1. The molecule has 7 heteroatoms. The normalized spacial score (nSPS) is 11.0. The second-order valence-corrected chi connectivity index (χ2v) is 4.72. The van der Waals surface area contributed by atoms with Crippen molar-refractivity contribution >= 4 is 24.1 Å². The fourth-order valence-electron chi connectivity index (χ4n) is 1.94. The average Bonchev–Trinajstić information content (AvgIpc) is 2.49. The van der Waals surface area contributed by atoms with Crippen LogP contribution in [0, 0.1) is 4.77 Å². The minimum absolute atomic E-state index is 0.165. The molecule has 0 aliphatic carbocycles. The van der Waals surface area contributed by atoms with E-state index in [4.69, 9.17) is 12.2 Å². The second kappa shape index (κ2) is 6.94. The molecule has 0 amide bonds. The molecule has 6 nitrogen and oxygen atoms in total. The van der Waals surface area contributed by atoms with Gasteiger partial charge >= 0.3 is 0 Å². The zero-order valence-corrected chi connectivity index (χ0v) is 12.8. The molecule has 0 bridgehead atoms. The zero-order valence-electron chi connectivity index (χ0n) is 12.0. The molecule has 0 spiro atoms. The lowest BCUT2D eigenvalue weighted by atomic mass is 10.2. The van der Waals surface area contributed by atoms with E-state index in [9.17, 15) is 4.79 Å². The summed E-state index contributed by atoms with van der Waals surface area (Å²) in [4.78, 5) is 13.8. The van der Waals surface area contributed by atoms with Gasteiger partial charge in [0.25, 0.3) is 5.56 Å². The summed E-state index contributed by atoms with van der Waals surface area (Å²) in [5, 5.41) is 10.2. The first-order valence-corrected chi connectivity index (χ1v) is 7.12. The van der Waals surface area contributed by atoms with Gasteiger partial charge in [-0.15, -0.1) is 0 Å². The Morgan fingerprint density at radius 2 is 2.00 bits per heavy atom. The van der Waals surface area contributed by atoms with E-state index in [0.29, 0.717) is 0 Å². The third-order valence-corrected chi connectivity index (χ3v) is 3.34. The minimum atomic E-state index is -0.366. The maximum Gasteiger partial charge on any atom is 0.293 e. The number of hydrogen-bond acceptors (Lipinski definition) is 5. The number of hydrogen-bond donors (Lipinski definition) is 1. The van der Waals surface area contributed by atoms with Gasteiger partial charge in [0.2, 0.25) is 4.77 Å². The lowest BCUT2D eigenvalue weighted by Crippen LogP contribution is -2.21. The maximum absolute atomic E-state index is 11.6. The Bertz CT molecular complexity index is 700. The molecule has 1 aromatic carbocycles. The summed E-state index contributed by atoms with van der Waals surface area (Å²) in [7, 11) is 0. The van der Waals surface area contributed by atoms with Gasteiger partial charge in [0.05, 0.1) is 6.21 Å². The van der Waals surface area contributed by atoms with Crippen molar-refractivity contribution in [2.24, 2.45) is 5.10 Å². The minimum Gasteiger partial charge on any atom is -0.372 e. The highest BCUT2D eigenvalue weighted by Gasteiger charge is 2.00. The van der Waals surface area contributed by atoms with Crippen LogP contribution in [0.25, 0.3) is 0 Å². The maximum atomic E-state index is 11.6. The molecular formula is C14H17N5OS. The molecule has 0 aliphatic heterocycles. The predicted molar refractivity (Wildman–Crippen MR) is 86.7 cm³/mol. The SMILES string of the molecule is CCN(CC)c1ccc(/C=N\n2c(=O)cn[nH]c2=S)cc1. The third kappa shape index (κ3) is 3.63. The summed E-state index contributed by atoms with van der Waals surface area (Å²) in [6.07, 6.45) is 2.73. The summed E-state index contributed by atoms with van der Waals surface area (Å²) in [5.74, 6) is 0. The molecule has 0 aliphatic rings. The van der Waals surface area contributed by atoms with Crippen molar-refractivity contribution in [2.45, 2.75) is 13.8 Å². The van der Waals surface area contributed by atoms with Crippen molar-refractivity contribution in [3.05, 3.63) is 51.2 Å². The summed E-state index contributed by atoms with van der Waals surface area (Å²) in [5.41, 5.74) is 1.69. The summed E-state index contributed by atoms with van der Waals surface area (Å²) >= 11 is 4.97. The molecular weight excluding hydrogens is 286 g/mol. The van der Waals surface area contributed by atoms with Crippen LogP contribution in [-0.4, -0.2) is 34.2 Å². The number of rotatable bonds is 5. The van der Waals surface area contributed by atoms with Crippen molar-refractivity contribution in [1.29, 1.82) is 0 Å². The number of H-pyrrole nitrogens is 1. The Labute approximate surface area is 127 Å². The van der Waals surface area contributed by atoms with Crippen LogP contribution in [-0.2, 0) is 0 Å². The second-order valence-electron chi connectivity index (χ2n) is 4.33. The van der Waals surface area contributed by atoms with Crippen LogP contribution in [0.4, 0.5) is 5.69 Å². The molecule has 1 aromatic heterocycles. The van der Waals surface area contributed by atoms with Crippen LogP contribution in [0.2, 0.25) is 0 Å². The molecule has 1 N–H and O–H groups in total. The van der Waals surface area contributed by atoms with Gasteiger partial charge in [-0.2, -0.15) is 14.9 Å². The van der Waals surface area contributed by atoms with Crippen LogP contribution < -0.4 is 10.5 Å². The number of nitrogens with zero attached hydrogens (tertiary/aromatic N) is 4. The highest BCUT2D eigenvalue weighted by Crippen LogP contribution is 2.13. The van der Waals surface area contributed by atoms with Crippen LogP contribution in [0.5, 0.6) is 0 Å². The molecule has 0 unspecified atom stereocenters. The van der Waals surface area contributed by atoms with Gasteiger partial charge in [0.1, 0.15) is 6.20 Å². The molecule has 2 aromatic rings. The van der Waals surface area contributed by atoms with Gasteiger partial charge in [-0.1, -0.05) is 12.1 Å². The van der Waals surface area contributed by atoms with Gasteiger partial charge in [-0.3, -0.25) is 9.89 Å². The molecule has 1 heterocycles. The van der Waals surface area contributed by atoms with E-state index in [1.54, 1.807) is 6.21 Å². The molecule has 0 radical (unpaired) electrons. The van der Waals surface area contributed by atoms with E-state index in [2.05, 4.69) is 34.0 Å². The quantitative estimate of drug-likeness (QED) is 0.678. The topological polar surface area (TPSA) is 66.3 Å². The Kier molecular flexibility index (Phi) is 4.99. The number of aromatic amines is 1. The number of aromatic nitrogens is 3. The van der Waals surface area contributed by atoms with E-state index in [0.717, 1.165) is 35.2 Å². The standard InChI is InChI=1S/C14H17N5OS/c1-3-18(4-2)12-7-5-11(6-8-12)9-16-19-13(20)10-15-17-14(19)21/h5-10H,3-4H2,1-2H3,(H,17,21)/b16-9-. The monoisotopic (exact) mass is 303 g/mol.